The first-order valence-electron chi connectivity index (χ1n) is 9.58. The van der Waals surface area contributed by atoms with E-state index in [9.17, 15) is 4.79 Å². The first-order valence-corrected chi connectivity index (χ1v) is 9.58. The van der Waals surface area contributed by atoms with Crippen molar-refractivity contribution in [3.8, 4) is 11.5 Å². The van der Waals surface area contributed by atoms with Crippen LogP contribution in [0, 0.1) is 6.92 Å². The third-order valence-corrected chi connectivity index (χ3v) is 4.70. The lowest BCUT2D eigenvalue weighted by Gasteiger charge is -2.09. The van der Waals surface area contributed by atoms with Crippen molar-refractivity contribution in [2.24, 2.45) is 4.99 Å². The van der Waals surface area contributed by atoms with Gasteiger partial charge in [-0.1, -0.05) is 42.0 Å². The van der Waals surface area contributed by atoms with Gasteiger partial charge in [0.1, 0.15) is 5.49 Å². The van der Waals surface area contributed by atoms with Crippen LogP contribution in [0.25, 0.3) is 0 Å². The van der Waals surface area contributed by atoms with Gasteiger partial charge in [-0.3, -0.25) is 4.79 Å². The van der Waals surface area contributed by atoms with Crippen molar-refractivity contribution in [3.05, 3.63) is 89.0 Å². The maximum atomic E-state index is 12.5. The van der Waals surface area contributed by atoms with Crippen molar-refractivity contribution in [2.45, 2.75) is 26.3 Å². The fourth-order valence-electron chi connectivity index (χ4n) is 3.06. The van der Waals surface area contributed by atoms with Crippen LogP contribution in [0.5, 0.6) is 11.5 Å². The summed E-state index contributed by atoms with van der Waals surface area (Å²) in [4.78, 5) is 16.8. The molecule has 0 bridgehead atoms. The normalized spacial score (nSPS) is 11.3. The van der Waals surface area contributed by atoms with Crippen molar-refractivity contribution in [1.82, 2.24) is 4.57 Å². The number of benzene rings is 2. The number of aromatic nitrogens is 1. The molecule has 1 amide bonds. The summed E-state index contributed by atoms with van der Waals surface area (Å²) in [7, 11) is 3.20. The summed E-state index contributed by atoms with van der Waals surface area (Å²) in [5.74, 6) is 1.19. The minimum absolute atomic E-state index is 0.149. The molecule has 2 aromatic carbocycles. The lowest BCUT2D eigenvalue weighted by atomic mass is 10.1. The number of hydrogen-bond acceptors (Lipinski definition) is 3. The number of rotatable bonds is 7. The molecule has 5 nitrogen and oxygen atoms in total. The second-order valence-corrected chi connectivity index (χ2v) is 6.87. The smallest absolute Gasteiger partial charge is 0.247 e. The van der Waals surface area contributed by atoms with Gasteiger partial charge in [-0.25, -0.2) is 0 Å². The SMILES string of the molecule is COc1ccc(CCC(=O)N=c2ccccn2Cc2ccc(C)cc2)cc1OC. The van der Waals surface area contributed by atoms with Crippen LogP contribution in [0.15, 0.2) is 71.9 Å². The molecule has 150 valence electrons. The molecule has 29 heavy (non-hydrogen) atoms. The van der Waals surface area contributed by atoms with Crippen molar-refractivity contribution < 1.29 is 14.3 Å². The summed E-state index contributed by atoms with van der Waals surface area (Å²) in [6.07, 6.45) is 2.86. The van der Waals surface area contributed by atoms with E-state index in [0.29, 0.717) is 36.4 Å². The Bertz CT molecular complexity index is 1040. The average molecular weight is 390 g/mol. The molecule has 0 spiro atoms. The molecule has 0 radical (unpaired) electrons. The number of carbonyl (C=O) groups is 1. The van der Waals surface area contributed by atoms with Crippen LogP contribution >= 0.6 is 0 Å². The maximum absolute atomic E-state index is 12.5. The fraction of sp³-hybridized carbons (Fsp3) is 0.250. The van der Waals surface area contributed by atoms with Crippen LogP contribution in [0.4, 0.5) is 0 Å². The van der Waals surface area contributed by atoms with E-state index in [1.807, 2.05) is 47.2 Å². The van der Waals surface area contributed by atoms with Gasteiger partial charge < -0.3 is 14.0 Å². The number of nitrogens with zero attached hydrogens (tertiary/aromatic N) is 2. The number of ether oxygens (including phenoxy) is 2. The van der Waals surface area contributed by atoms with Crippen molar-refractivity contribution >= 4 is 5.91 Å². The zero-order valence-corrected chi connectivity index (χ0v) is 17.1. The minimum atomic E-state index is -0.149. The minimum Gasteiger partial charge on any atom is -0.493 e. The van der Waals surface area contributed by atoms with E-state index < -0.39 is 0 Å². The summed E-state index contributed by atoms with van der Waals surface area (Å²) in [5, 5.41) is 0. The quantitative estimate of drug-likeness (QED) is 0.614. The first kappa shape index (κ1) is 20.4. The van der Waals surface area contributed by atoms with E-state index in [1.165, 1.54) is 11.1 Å². The van der Waals surface area contributed by atoms with Crippen LogP contribution in [-0.2, 0) is 17.8 Å². The molecule has 0 saturated carbocycles. The molecule has 0 aliphatic heterocycles. The van der Waals surface area contributed by atoms with Gasteiger partial charge in [0.05, 0.1) is 14.2 Å². The second-order valence-electron chi connectivity index (χ2n) is 6.87. The molecule has 0 unspecified atom stereocenters. The molecular weight excluding hydrogens is 364 g/mol. The van der Waals surface area contributed by atoms with Gasteiger partial charge in [0.25, 0.3) is 0 Å². The molecular formula is C24H26N2O3. The number of methoxy groups -OCH3 is 2. The molecule has 1 heterocycles. The van der Waals surface area contributed by atoms with Gasteiger partial charge in [-0.15, -0.1) is 0 Å². The number of hydrogen-bond donors (Lipinski definition) is 0. The Morgan fingerprint density at radius 3 is 2.38 bits per heavy atom. The molecule has 1 aromatic heterocycles. The lowest BCUT2D eigenvalue weighted by Crippen LogP contribution is -2.22. The highest BCUT2D eigenvalue weighted by molar-refractivity contribution is 5.77. The molecule has 5 heteroatoms. The number of aryl methyl sites for hydroxylation is 2. The average Bonchev–Trinajstić information content (AvgIpc) is 2.75. The molecule has 0 fully saturated rings. The first-order chi connectivity index (χ1) is 14.1. The summed E-state index contributed by atoms with van der Waals surface area (Å²) >= 11 is 0. The standard InChI is InChI=1S/C24H26N2O3/c1-18-7-9-20(10-8-18)17-26-15-5-4-6-23(26)25-24(27)14-12-19-11-13-21(28-2)22(16-19)29-3/h4-11,13,15-16H,12,14,17H2,1-3H3. The van der Waals surface area contributed by atoms with Gasteiger partial charge in [0.2, 0.25) is 5.91 Å². The highest BCUT2D eigenvalue weighted by Crippen LogP contribution is 2.27. The predicted molar refractivity (Wildman–Crippen MR) is 113 cm³/mol. The van der Waals surface area contributed by atoms with Gasteiger partial charge in [-0.05, 0) is 48.7 Å². The van der Waals surface area contributed by atoms with E-state index >= 15 is 0 Å². The zero-order valence-electron chi connectivity index (χ0n) is 17.1. The Labute approximate surface area is 171 Å². The third kappa shape index (κ3) is 5.57. The maximum Gasteiger partial charge on any atom is 0.247 e. The van der Waals surface area contributed by atoms with Gasteiger partial charge in [-0.2, -0.15) is 4.99 Å². The van der Waals surface area contributed by atoms with E-state index in [0.717, 1.165) is 5.56 Å². The Kier molecular flexibility index (Phi) is 6.85. The highest BCUT2D eigenvalue weighted by atomic mass is 16.5. The number of amides is 1. The molecule has 0 aliphatic carbocycles. The Morgan fingerprint density at radius 2 is 1.66 bits per heavy atom. The van der Waals surface area contributed by atoms with Crippen LogP contribution < -0.4 is 15.0 Å². The highest BCUT2D eigenvalue weighted by Gasteiger charge is 2.07. The second kappa shape index (κ2) is 9.73. The predicted octanol–water partition coefficient (Wildman–Crippen LogP) is 3.92. The van der Waals surface area contributed by atoms with Gasteiger partial charge in [0, 0.05) is 19.2 Å². The summed E-state index contributed by atoms with van der Waals surface area (Å²) in [5.41, 5.74) is 4.06. The van der Waals surface area contributed by atoms with E-state index in [-0.39, 0.29) is 5.91 Å². The van der Waals surface area contributed by atoms with Crippen LogP contribution in [-0.4, -0.2) is 24.7 Å². The molecule has 0 N–H and O–H groups in total. The Balaban J connectivity index is 1.71. The Hall–Kier alpha value is -3.34. The zero-order chi connectivity index (χ0) is 20.6. The van der Waals surface area contributed by atoms with Crippen LogP contribution in [0.3, 0.4) is 0 Å². The summed E-state index contributed by atoms with van der Waals surface area (Å²) in [6.45, 7) is 2.74. The van der Waals surface area contributed by atoms with Crippen LogP contribution in [0.2, 0.25) is 0 Å². The monoisotopic (exact) mass is 390 g/mol. The lowest BCUT2D eigenvalue weighted by molar-refractivity contribution is -0.118. The van der Waals surface area contributed by atoms with Crippen molar-refractivity contribution in [1.29, 1.82) is 0 Å². The van der Waals surface area contributed by atoms with E-state index in [2.05, 4.69) is 36.2 Å². The Morgan fingerprint density at radius 1 is 0.931 bits per heavy atom. The third-order valence-electron chi connectivity index (χ3n) is 4.70. The van der Waals surface area contributed by atoms with Crippen molar-refractivity contribution in [3.63, 3.8) is 0 Å². The van der Waals surface area contributed by atoms with Gasteiger partial charge >= 0.3 is 0 Å². The molecule has 0 aliphatic rings. The fourth-order valence-corrected chi connectivity index (χ4v) is 3.06. The van der Waals surface area contributed by atoms with Gasteiger partial charge in [0.15, 0.2) is 11.5 Å². The van der Waals surface area contributed by atoms with Crippen LogP contribution in [0.1, 0.15) is 23.1 Å². The molecule has 3 rings (SSSR count). The summed E-state index contributed by atoms with van der Waals surface area (Å²) in [6, 6.07) is 19.8. The van der Waals surface area contributed by atoms with E-state index in [4.69, 9.17) is 9.47 Å². The number of carbonyl (C=O) groups excluding carboxylic acids is 1. The topological polar surface area (TPSA) is 52.8 Å². The van der Waals surface area contributed by atoms with Crippen molar-refractivity contribution in [2.75, 3.05) is 14.2 Å². The molecule has 3 aromatic rings. The molecule has 0 atom stereocenters. The number of pyridine rings is 1. The van der Waals surface area contributed by atoms with E-state index in [1.54, 1.807) is 14.2 Å². The summed E-state index contributed by atoms with van der Waals surface area (Å²) < 4.78 is 12.6. The molecule has 0 saturated heterocycles. The largest absolute Gasteiger partial charge is 0.493 e.